The Labute approximate surface area is 518 Å². The lowest BCUT2D eigenvalue weighted by Gasteiger charge is -2.28. The maximum absolute atomic E-state index is 12.2. The lowest BCUT2D eigenvalue weighted by Crippen LogP contribution is -2.28. The van der Waals surface area contributed by atoms with Crippen molar-refractivity contribution < 1.29 is 78.7 Å². The van der Waals surface area contributed by atoms with E-state index in [1.807, 2.05) is 94.2 Å². The number of carbonyl (C=O) groups is 5. The number of hydrogen-bond donors (Lipinski definition) is 7. The lowest BCUT2D eigenvalue weighted by molar-refractivity contribution is -0.113. The van der Waals surface area contributed by atoms with Gasteiger partial charge in [-0.1, -0.05) is 136 Å². The molecule has 3 aromatic carbocycles. The number of aldehydes is 2. The van der Waals surface area contributed by atoms with Gasteiger partial charge >= 0.3 is 0 Å². The normalized spacial score (nSPS) is 20.2. The molecule has 12 atom stereocenters. The van der Waals surface area contributed by atoms with Crippen LogP contribution in [0.15, 0.2) is 140 Å². The Morgan fingerprint density at radius 1 is 0.571 bits per heavy atom. The lowest BCUT2D eigenvalue weighted by atomic mass is 10.2. The number of aliphatic hydroxyl groups is 7. The van der Waals surface area contributed by atoms with Crippen LogP contribution in [-0.4, -0.2) is 170 Å². The van der Waals surface area contributed by atoms with Gasteiger partial charge in [0.15, 0.2) is 23.6 Å². The predicted molar refractivity (Wildman–Crippen MR) is 347 cm³/mol. The van der Waals surface area contributed by atoms with Gasteiger partial charge < -0.3 is 64.3 Å². The molecule has 4 aliphatic heterocycles. The molecule has 7 rings (SSSR count). The van der Waals surface area contributed by atoms with Crippen molar-refractivity contribution in [3.05, 3.63) is 140 Å². The number of carbonyl (C=O) groups excluding carboxylic acids is 5. The smallest absolute Gasteiger partial charge is 0.153 e. The van der Waals surface area contributed by atoms with Crippen LogP contribution in [0.25, 0.3) is 0 Å². The van der Waals surface area contributed by atoms with Gasteiger partial charge in [0.25, 0.3) is 0 Å². The van der Waals surface area contributed by atoms with Crippen LogP contribution in [0, 0.1) is 0 Å². The average Bonchev–Trinajstić information content (AvgIpc) is 2.85. The monoisotopic (exact) mass is 1260 g/mol. The number of unbranched alkanes of at least 4 members (excludes halogenated alkanes) is 1. The summed E-state index contributed by atoms with van der Waals surface area (Å²) < 4.78 is 19.7. The summed E-state index contributed by atoms with van der Waals surface area (Å²) in [5, 5.41) is 63.6. The second kappa shape index (κ2) is 55.3. The molecule has 7 N–H and O–H groups in total. The van der Waals surface area contributed by atoms with Crippen LogP contribution in [-0.2, 0) is 42.9 Å². The zero-order chi connectivity index (χ0) is 63.1. The van der Waals surface area contributed by atoms with Crippen molar-refractivity contribution in [2.45, 2.75) is 183 Å². The van der Waals surface area contributed by atoms with Crippen molar-refractivity contribution in [1.82, 2.24) is 0 Å². The van der Waals surface area contributed by atoms with Crippen molar-refractivity contribution in [1.29, 1.82) is 0 Å². The Balaban J connectivity index is -0.000000295. The number of ketones is 3. The zero-order valence-corrected chi connectivity index (χ0v) is 53.5. The summed E-state index contributed by atoms with van der Waals surface area (Å²) in [4.78, 5) is 51.8. The third-order valence-electron chi connectivity index (χ3n) is 10.7. The third kappa shape index (κ3) is 47.9. The molecule has 4 fully saturated rings. The molecule has 12 unspecified atom stereocenters. The third-order valence-corrected chi connectivity index (χ3v) is 14.8. The van der Waals surface area contributed by atoms with Crippen LogP contribution in [0.5, 0.6) is 0 Å². The molecule has 0 aromatic heterocycles. The number of rotatable bonds is 17. The van der Waals surface area contributed by atoms with E-state index in [0.717, 1.165) is 39.3 Å². The van der Waals surface area contributed by atoms with E-state index < -0.39 is 37.4 Å². The van der Waals surface area contributed by atoms with Gasteiger partial charge in [0, 0.05) is 26.7 Å². The largest absolute Gasteiger partial charge is 0.400 e. The number of allylic oxidation sites excluding steroid dienone is 2. The van der Waals surface area contributed by atoms with Gasteiger partial charge in [0.05, 0.1) is 60.3 Å². The van der Waals surface area contributed by atoms with Crippen LogP contribution >= 0.6 is 42.5 Å². The molecular formula is C64H100Cl3O16P. The fourth-order valence-corrected chi connectivity index (χ4v) is 9.86. The first-order valence-corrected chi connectivity index (χ1v) is 30.1. The number of aliphatic hydroxyl groups excluding tert-OH is 7. The van der Waals surface area contributed by atoms with Gasteiger partial charge in [-0.05, 0) is 135 Å². The van der Waals surface area contributed by atoms with Gasteiger partial charge in [0.2, 0.25) is 0 Å². The molecule has 0 amide bonds. The highest BCUT2D eigenvalue weighted by molar-refractivity contribution is 7.95. The topological polar surface area (TPSA) is 274 Å². The summed E-state index contributed by atoms with van der Waals surface area (Å²) >= 11 is 9.53. The molecule has 0 radical (unpaired) electrons. The van der Waals surface area contributed by atoms with Crippen molar-refractivity contribution in [3.8, 4) is 0 Å². The van der Waals surface area contributed by atoms with E-state index in [-0.39, 0.29) is 73.0 Å². The van der Waals surface area contributed by atoms with Crippen molar-refractivity contribution in [2.24, 2.45) is 0 Å². The summed E-state index contributed by atoms with van der Waals surface area (Å²) in [5.41, 5.74) is 0. The SMILES string of the molecule is C.C1CCOC1.CC(=O)/C=C/C(O)C(C)O.CC(=O)/C=C/C1OC1C.CC(=O)C=P(c1ccccc1)(c1ccccc1)c1ccccc1.CC(O)/C=C/C(O)C(C)O.CC(O)/C=C/C1OC1C.CC1OC1C=O.CCCC=O.CO.Cl.ClCCl. The van der Waals surface area contributed by atoms with E-state index in [0.29, 0.717) is 18.6 Å². The summed E-state index contributed by atoms with van der Waals surface area (Å²) in [7, 11) is 1.00. The maximum atomic E-state index is 12.2. The molecular weight excluding hydrogens is 1160 g/mol. The average molecular weight is 1260 g/mol. The fraction of sp³-hybridized carbons (Fsp3) is 0.500. The first-order chi connectivity index (χ1) is 38.9. The standard InChI is InChI=1S/C21H19OP.C7H14O3.C7H12O3.C7H12O2.C7H10O2.C4H6O2.2C4H8O.CH2Cl2.CH4O.CH4.ClH/c1-18(22)17-23(19-11-5-2-6-12-19,20-13-7-3-8-14-20)21-15-9-4-10-16-21;2*1-5(8)3-4-7(10)6(2)9;2*1-5(8)3-4-7-6(2)9-7;1-3-4(2-5)6-3;1-2-4-5-3-1;1-2-3-4-5;2-1-3;1-2;;/h2-17H,1H3;3-10H,1-2H3;3-4,6-7,9-10H,1-2H3;3-8H,1-2H3;3-4,6-7H,1-2H3;2-4H,1H3;1-4H2;4H,2-3H2,1H3;1H2;2H,1H3;1H4;1H/b;4*4-3+;;;;;;;. The van der Waals surface area contributed by atoms with Crippen LogP contribution in [0.1, 0.15) is 109 Å². The maximum Gasteiger partial charge on any atom is 0.153 e. The number of benzene rings is 3. The Morgan fingerprint density at radius 2 is 0.917 bits per heavy atom. The van der Waals surface area contributed by atoms with Crippen LogP contribution < -0.4 is 15.9 Å². The Hall–Kier alpha value is -4.30. The number of alkyl halides is 2. The molecule has 4 heterocycles. The molecule has 16 nitrogen and oxygen atoms in total. The molecule has 84 heavy (non-hydrogen) atoms. The molecule has 20 heteroatoms. The second-order valence-corrected chi connectivity index (χ2v) is 22.6. The Bertz CT molecular complexity index is 2170. The highest BCUT2D eigenvalue weighted by Gasteiger charge is 2.33. The highest BCUT2D eigenvalue weighted by atomic mass is 35.5. The fourth-order valence-electron chi connectivity index (χ4n) is 6.05. The second-order valence-electron chi connectivity index (χ2n) is 18.6. The highest BCUT2D eigenvalue weighted by Crippen LogP contribution is 2.43. The van der Waals surface area contributed by atoms with Gasteiger partial charge in [0.1, 0.15) is 24.6 Å². The van der Waals surface area contributed by atoms with Crippen LogP contribution in [0.3, 0.4) is 0 Å². The van der Waals surface area contributed by atoms with E-state index in [4.69, 9.17) is 77.9 Å². The Kier molecular flexibility index (Phi) is 58.2. The van der Waals surface area contributed by atoms with Crippen molar-refractivity contribution in [2.75, 3.05) is 25.7 Å². The van der Waals surface area contributed by atoms with Crippen LogP contribution in [0.4, 0.5) is 0 Å². The zero-order valence-electron chi connectivity index (χ0n) is 50.3. The molecule has 478 valence electrons. The summed E-state index contributed by atoms with van der Waals surface area (Å²) in [6.07, 6.45) is 15.2. The van der Waals surface area contributed by atoms with Gasteiger partial charge in [-0.25, -0.2) is 0 Å². The first-order valence-electron chi connectivity index (χ1n) is 27.1. The molecule has 0 spiro atoms. The van der Waals surface area contributed by atoms with E-state index >= 15 is 0 Å². The minimum atomic E-state index is -2.08. The molecule has 4 aliphatic rings. The number of halogens is 3. The minimum absolute atomic E-state index is 0. The number of hydrogen-bond acceptors (Lipinski definition) is 16. The summed E-state index contributed by atoms with van der Waals surface area (Å²) in [5.74, 6) is 1.99. The molecule has 4 saturated heterocycles. The summed E-state index contributed by atoms with van der Waals surface area (Å²) in [6, 6.07) is 31.1. The minimum Gasteiger partial charge on any atom is -0.400 e. The number of Topliss-reactive ketones (excluding diaryl/α,β-unsaturated/α-hetero) is 1. The van der Waals surface area contributed by atoms with Crippen molar-refractivity contribution >= 4 is 94.1 Å². The molecule has 0 saturated carbocycles. The van der Waals surface area contributed by atoms with Gasteiger partial charge in [-0.15, -0.1) is 35.6 Å². The van der Waals surface area contributed by atoms with Gasteiger partial charge in [-0.3, -0.25) is 14.4 Å². The number of epoxide rings is 3. The van der Waals surface area contributed by atoms with E-state index in [1.54, 1.807) is 39.0 Å². The molecule has 0 bridgehead atoms. The molecule has 0 aliphatic carbocycles. The Morgan fingerprint density at radius 3 is 1.14 bits per heavy atom. The van der Waals surface area contributed by atoms with E-state index in [9.17, 15) is 24.0 Å². The van der Waals surface area contributed by atoms with Crippen molar-refractivity contribution in [3.63, 3.8) is 0 Å². The summed E-state index contributed by atoms with van der Waals surface area (Å²) in [6.45, 7) is 18.6. The first kappa shape index (κ1) is 88.5. The molecule has 3 aromatic rings. The van der Waals surface area contributed by atoms with Gasteiger partial charge in [-0.2, -0.15) is 0 Å². The quantitative estimate of drug-likeness (QED) is 0.0167. The van der Waals surface area contributed by atoms with E-state index in [2.05, 4.69) is 36.4 Å². The number of ether oxygens (including phenoxy) is 4. The van der Waals surface area contributed by atoms with Crippen LogP contribution in [0.2, 0.25) is 0 Å². The van der Waals surface area contributed by atoms with E-state index in [1.165, 1.54) is 80.8 Å². The predicted octanol–water partition coefficient (Wildman–Crippen LogP) is 8.38.